The number of hydrogen-bond acceptors (Lipinski definition) is 5. The molecule has 0 bridgehead atoms. The number of carbonyl (C=O) groups excluding carboxylic acids is 3. The van der Waals surface area contributed by atoms with Crippen LogP contribution in [0.5, 0.6) is 0 Å². The lowest BCUT2D eigenvalue weighted by Crippen LogP contribution is -2.41. The van der Waals surface area contributed by atoms with E-state index in [-0.39, 0.29) is 42.7 Å². The number of aromatic amines is 1. The van der Waals surface area contributed by atoms with E-state index in [9.17, 15) is 19.2 Å². The molecule has 1 heterocycles. The molecule has 0 fully saturated rings. The Labute approximate surface area is 215 Å². The van der Waals surface area contributed by atoms with E-state index in [0.717, 1.165) is 27.8 Å². The third-order valence-electron chi connectivity index (χ3n) is 6.54. The fourth-order valence-corrected chi connectivity index (χ4v) is 4.80. The minimum absolute atomic E-state index is 0.0234. The molecule has 4 rings (SSSR count). The van der Waals surface area contributed by atoms with E-state index in [1.165, 1.54) is 6.92 Å². The third kappa shape index (κ3) is 6.33. The summed E-state index contributed by atoms with van der Waals surface area (Å²) >= 11 is 0. The number of ketones is 1. The van der Waals surface area contributed by atoms with Gasteiger partial charge in [0.15, 0.2) is 5.78 Å². The number of Topliss-reactive ketones (excluding diaryl/α,β-unsaturated/α-hetero) is 1. The van der Waals surface area contributed by atoms with Crippen LogP contribution in [0.3, 0.4) is 0 Å². The van der Waals surface area contributed by atoms with Crippen LogP contribution in [0, 0.1) is 6.92 Å². The maximum absolute atomic E-state index is 12.8. The molecule has 2 amide bonds. The zero-order valence-corrected chi connectivity index (χ0v) is 21.0. The number of amides is 2. The summed E-state index contributed by atoms with van der Waals surface area (Å²) in [4.78, 5) is 51.5. The first-order chi connectivity index (χ1) is 17.8. The molecule has 0 saturated carbocycles. The Balaban J connectivity index is 1.27. The predicted molar refractivity (Wildman–Crippen MR) is 140 cm³/mol. The quantitative estimate of drug-likeness (QED) is 0.367. The van der Waals surface area contributed by atoms with Gasteiger partial charge in [0, 0.05) is 37.6 Å². The molecule has 8 heteroatoms. The van der Waals surface area contributed by atoms with Crippen LogP contribution in [0.15, 0.2) is 65.6 Å². The summed E-state index contributed by atoms with van der Waals surface area (Å²) in [5.74, 6) is -0.613. The summed E-state index contributed by atoms with van der Waals surface area (Å²) in [5, 5.41) is 5.39. The van der Waals surface area contributed by atoms with Gasteiger partial charge in [-0.3, -0.25) is 14.4 Å². The lowest BCUT2D eigenvalue weighted by molar-refractivity contribution is -0.126. The molecule has 1 aromatic heterocycles. The number of H-pyrrole nitrogens is 1. The smallest absolute Gasteiger partial charge is 0.407 e. The normalized spacial score (nSPS) is 12.8. The third-order valence-corrected chi connectivity index (χ3v) is 6.54. The van der Waals surface area contributed by atoms with Gasteiger partial charge in [-0.1, -0.05) is 48.5 Å². The van der Waals surface area contributed by atoms with Gasteiger partial charge < -0.3 is 20.4 Å². The Morgan fingerprint density at radius 3 is 2.32 bits per heavy atom. The van der Waals surface area contributed by atoms with Crippen molar-refractivity contribution in [1.82, 2.24) is 15.6 Å². The minimum atomic E-state index is -0.748. The Bertz CT molecular complexity index is 1320. The average Bonchev–Trinajstić information content (AvgIpc) is 3.20. The van der Waals surface area contributed by atoms with E-state index in [2.05, 4.69) is 39.9 Å². The summed E-state index contributed by atoms with van der Waals surface area (Å²) in [6.07, 6.45) is 1.74. The molecule has 1 aliphatic carbocycles. The zero-order valence-electron chi connectivity index (χ0n) is 21.0. The number of pyridine rings is 1. The summed E-state index contributed by atoms with van der Waals surface area (Å²) in [6, 6.07) is 17.2. The number of ether oxygens (including phenoxy) is 1. The van der Waals surface area contributed by atoms with Crippen LogP contribution in [0.2, 0.25) is 0 Å². The summed E-state index contributed by atoms with van der Waals surface area (Å²) in [5.41, 5.74) is 5.48. The molecule has 192 valence electrons. The molecule has 1 aliphatic rings. The van der Waals surface area contributed by atoms with Gasteiger partial charge in [-0.15, -0.1) is 0 Å². The first kappa shape index (κ1) is 25.9. The molecule has 1 atom stereocenters. The highest BCUT2D eigenvalue weighted by atomic mass is 16.5. The van der Waals surface area contributed by atoms with E-state index < -0.39 is 12.1 Å². The van der Waals surface area contributed by atoms with Crippen LogP contribution in [0.25, 0.3) is 11.1 Å². The molecule has 8 nitrogen and oxygen atoms in total. The van der Waals surface area contributed by atoms with Crippen LogP contribution < -0.4 is 16.2 Å². The Hall–Kier alpha value is -4.20. The fourth-order valence-electron chi connectivity index (χ4n) is 4.80. The summed E-state index contributed by atoms with van der Waals surface area (Å²) < 4.78 is 5.54. The van der Waals surface area contributed by atoms with Crippen LogP contribution in [0.4, 0.5) is 4.79 Å². The van der Waals surface area contributed by atoms with Crippen LogP contribution in [0.1, 0.15) is 47.9 Å². The van der Waals surface area contributed by atoms with Crippen molar-refractivity contribution >= 4 is 17.8 Å². The van der Waals surface area contributed by atoms with E-state index in [4.69, 9.17) is 4.74 Å². The van der Waals surface area contributed by atoms with E-state index in [1.54, 1.807) is 12.3 Å². The van der Waals surface area contributed by atoms with Crippen molar-refractivity contribution in [2.45, 2.75) is 45.1 Å². The predicted octanol–water partition coefficient (Wildman–Crippen LogP) is 3.62. The molecule has 2 aromatic carbocycles. The second kappa shape index (κ2) is 11.7. The number of alkyl carbamates (subject to hydrolysis) is 1. The number of carbonyl (C=O) groups is 3. The molecular formula is C29H31N3O5. The van der Waals surface area contributed by atoms with Crippen molar-refractivity contribution < 1.29 is 19.1 Å². The lowest BCUT2D eigenvalue weighted by atomic mass is 9.98. The van der Waals surface area contributed by atoms with E-state index in [0.29, 0.717) is 18.4 Å². The monoisotopic (exact) mass is 501 g/mol. The van der Waals surface area contributed by atoms with Crippen LogP contribution in [-0.4, -0.2) is 42.0 Å². The maximum Gasteiger partial charge on any atom is 0.407 e. The van der Waals surface area contributed by atoms with Gasteiger partial charge in [0.2, 0.25) is 5.91 Å². The van der Waals surface area contributed by atoms with Crippen LogP contribution >= 0.6 is 0 Å². The van der Waals surface area contributed by atoms with Gasteiger partial charge in [0.05, 0.1) is 6.04 Å². The standard InChI is InChI=1S/C29H31N3O5/c1-18-14-20(28(35)31-16-18)15-27(34)26(32-19(2)33)12-7-13-30-29(36)37-17-25-23-10-5-3-8-21(23)22-9-4-6-11-24(22)25/h3-6,8-11,14,16,25-26H,7,12-13,15,17H2,1-2H3,(H,30,36)(H,31,35)(H,32,33)/t26-/m0/s1. The van der Waals surface area contributed by atoms with Crippen molar-refractivity contribution in [3.8, 4) is 11.1 Å². The number of fused-ring (bicyclic) bond motifs is 3. The summed E-state index contributed by atoms with van der Waals surface area (Å²) in [6.45, 7) is 3.67. The zero-order chi connectivity index (χ0) is 26.4. The SMILES string of the molecule is CC(=O)N[C@@H](CCCNC(=O)OCC1c2ccccc2-c2ccccc21)C(=O)Cc1cc(C)c[nH]c1=O. The van der Waals surface area contributed by atoms with Gasteiger partial charge in [-0.2, -0.15) is 0 Å². The second-order valence-corrected chi connectivity index (χ2v) is 9.32. The number of aryl methyl sites for hydroxylation is 1. The van der Waals surface area contributed by atoms with E-state index in [1.807, 2.05) is 31.2 Å². The number of rotatable bonds is 10. The second-order valence-electron chi connectivity index (χ2n) is 9.32. The van der Waals surface area contributed by atoms with E-state index >= 15 is 0 Å². The largest absolute Gasteiger partial charge is 0.449 e. The summed E-state index contributed by atoms with van der Waals surface area (Å²) in [7, 11) is 0. The minimum Gasteiger partial charge on any atom is -0.449 e. The van der Waals surface area contributed by atoms with Gasteiger partial charge in [0.1, 0.15) is 6.61 Å². The number of benzene rings is 2. The number of hydrogen-bond donors (Lipinski definition) is 3. The topological polar surface area (TPSA) is 117 Å². The molecular weight excluding hydrogens is 470 g/mol. The highest BCUT2D eigenvalue weighted by Gasteiger charge is 2.29. The highest BCUT2D eigenvalue weighted by Crippen LogP contribution is 2.44. The van der Waals surface area contributed by atoms with Gasteiger partial charge in [-0.25, -0.2) is 4.79 Å². The fraction of sp³-hybridized carbons (Fsp3) is 0.310. The van der Waals surface area contributed by atoms with Crippen molar-refractivity contribution in [3.05, 3.63) is 93.4 Å². The molecule has 0 saturated heterocycles. The van der Waals surface area contributed by atoms with Gasteiger partial charge in [-0.05, 0) is 53.6 Å². The first-order valence-electron chi connectivity index (χ1n) is 12.4. The molecule has 3 aromatic rings. The van der Waals surface area contributed by atoms with Crippen molar-refractivity contribution in [3.63, 3.8) is 0 Å². The van der Waals surface area contributed by atoms with Crippen molar-refractivity contribution in [1.29, 1.82) is 0 Å². The van der Waals surface area contributed by atoms with Crippen molar-refractivity contribution in [2.24, 2.45) is 0 Å². The maximum atomic E-state index is 12.8. The molecule has 0 spiro atoms. The Morgan fingerprint density at radius 1 is 1.03 bits per heavy atom. The number of aromatic nitrogens is 1. The highest BCUT2D eigenvalue weighted by molar-refractivity contribution is 5.89. The molecule has 0 aliphatic heterocycles. The van der Waals surface area contributed by atoms with Gasteiger partial charge >= 0.3 is 6.09 Å². The lowest BCUT2D eigenvalue weighted by Gasteiger charge is -2.17. The average molecular weight is 502 g/mol. The number of nitrogens with one attached hydrogen (secondary N) is 3. The van der Waals surface area contributed by atoms with Gasteiger partial charge in [0.25, 0.3) is 5.56 Å². The molecule has 3 N–H and O–H groups in total. The van der Waals surface area contributed by atoms with Crippen molar-refractivity contribution in [2.75, 3.05) is 13.2 Å². The Kier molecular flexibility index (Phi) is 8.18. The molecule has 37 heavy (non-hydrogen) atoms. The molecule has 0 unspecified atom stereocenters. The molecule has 0 radical (unpaired) electrons. The Morgan fingerprint density at radius 2 is 1.68 bits per heavy atom. The first-order valence-corrected chi connectivity index (χ1v) is 12.4. The van der Waals surface area contributed by atoms with Crippen LogP contribution in [-0.2, 0) is 20.7 Å².